The minimum Gasteiger partial charge on any atom is -0.497 e. The number of hydrogen-bond donors (Lipinski definition) is 0. The number of carbonyl (C=O) groups is 1. The number of ketones is 1. The minimum atomic E-state index is -0.0440. The lowest BCUT2D eigenvalue weighted by Gasteiger charge is -2.24. The van der Waals surface area contributed by atoms with Crippen molar-refractivity contribution >= 4 is 23.3 Å². The van der Waals surface area contributed by atoms with Crippen LogP contribution in [-0.4, -0.2) is 18.6 Å². The largest absolute Gasteiger partial charge is 0.497 e. The van der Waals surface area contributed by atoms with Crippen molar-refractivity contribution in [1.82, 2.24) is 0 Å². The third kappa shape index (κ3) is 5.07. The van der Waals surface area contributed by atoms with Gasteiger partial charge in [0.05, 0.1) is 24.6 Å². The molecular formula is C31H26N2O2. The van der Waals surface area contributed by atoms with Gasteiger partial charge in [-0.25, -0.2) is 0 Å². The van der Waals surface area contributed by atoms with Gasteiger partial charge in [-0.15, -0.1) is 0 Å². The van der Waals surface area contributed by atoms with Crippen LogP contribution in [-0.2, 0) is 0 Å². The van der Waals surface area contributed by atoms with Crippen LogP contribution < -0.4 is 9.75 Å². The summed E-state index contributed by atoms with van der Waals surface area (Å²) >= 11 is 0. The summed E-state index contributed by atoms with van der Waals surface area (Å²) in [5.41, 5.74) is 6.06. The van der Waals surface area contributed by atoms with Gasteiger partial charge in [0, 0.05) is 12.0 Å². The van der Waals surface area contributed by atoms with Gasteiger partial charge in [-0.3, -0.25) is 9.80 Å². The first kappa shape index (κ1) is 22.4. The van der Waals surface area contributed by atoms with Crippen LogP contribution >= 0.6 is 0 Å². The van der Waals surface area contributed by atoms with Gasteiger partial charge in [-0.1, -0.05) is 78.9 Å². The van der Waals surface area contributed by atoms with Crippen molar-refractivity contribution in [2.75, 3.05) is 12.1 Å². The van der Waals surface area contributed by atoms with Gasteiger partial charge >= 0.3 is 0 Å². The van der Waals surface area contributed by atoms with E-state index >= 15 is 0 Å². The fourth-order valence-electron chi connectivity index (χ4n) is 4.25. The molecule has 4 heteroatoms. The predicted octanol–water partition coefficient (Wildman–Crippen LogP) is 6.95. The van der Waals surface area contributed by atoms with Gasteiger partial charge in [0.2, 0.25) is 0 Å². The molecule has 1 unspecified atom stereocenters. The Morgan fingerprint density at radius 2 is 1.51 bits per heavy atom. The zero-order valence-corrected chi connectivity index (χ0v) is 19.5. The maximum atomic E-state index is 12.5. The van der Waals surface area contributed by atoms with Gasteiger partial charge in [-0.05, 0) is 59.2 Å². The Hall–Kier alpha value is -4.44. The van der Waals surface area contributed by atoms with Crippen molar-refractivity contribution < 1.29 is 9.53 Å². The molecule has 0 fully saturated rings. The predicted molar refractivity (Wildman–Crippen MR) is 142 cm³/mol. The smallest absolute Gasteiger partial charge is 0.185 e. The standard InChI is InChI=1S/C31H26N2O2/c1-35-28-19-15-26(16-20-28)31(34)21-14-23-12-17-27(18-13-23)33-30(25-10-6-3-7-11-25)22-29(32-33)24-8-4-2-5-9-24/h2-21,30H,22H2,1H3/b21-14+. The van der Waals surface area contributed by atoms with Crippen LogP contribution in [0.15, 0.2) is 120 Å². The average molecular weight is 459 g/mol. The van der Waals surface area contributed by atoms with E-state index in [1.165, 1.54) is 5.56 Å². The number of nitrogens with zero attached hydrogens (tertiary/aromatic N) is 2. The van der Waals surface area contributed by atoms with E-state index in [4.69, 9.17) is 9.84 Å². The van der Waals surface area contributed by atoms with Gasteiger partial charge < -0.3 is 4.74 Å². The molecule has 0 radical (unpaired) electrons. The summed E-state index contributed by atoms with van der Waals surface area (Å²) in [6, 6.07) is 36.2. The first-order valence-corrected chi connectivity index (χ1v) is 11.6. The normalized spacial score (nSPS) is 15.3. The van der Waals surface area contributed by atoms with Crippen molar-refractivity contribution in [3.63, 3.8) is 0 Å². The lowest BCUT2D eigenvalue weighted by atomic mass is 9.98. The third-order valence-corrected chi connectivity index (χ3v) is 6.16. The Morgan fingerprint density at radius 1 is 0.857 bits per heavy atom. The van der Waals surface area contributed by atoms with Gasteiger partial charge in [0.25, 0.3) is 0 Å². The molecule has 0 bridgehead atoms. The number of methoxy groups -OCH3 is 1. The quantitative estimate of drug-likeness (QED) is 0.222. The highest BCUT2D eigenvalue weighted by Crippen LogP contribution is 2.36. The highest BCUT2D eigenvalue weighted by Gasteiger charge is 2.29. The highest BCUT2D eigenvalue weighted by molar-refractivity contribution is 6.07. The van der Waals surface area contributed by atoms with Crippen LogP contribution in [0.1, 0.15) is 39.5 Å². The molecule has 4 nitrogen and oxygen atoms in total. The SMILES string of the molecule is COc1ccc(C(=O)/C=C/c2ccc(N3N=C(c4ccccc4)CC3c3ccccc3)cc2)cc1. The number of carbonyl (C=O) groups excluding carboxylic acids is 1. The number of allylic oxidation sites excluding steroid dienone is 1. The second kappa shape index (κ2) is 10.2. The average Bonchev–Trinajstić information content (AvgIpc) is 3.39. The Bertz CT molecular complexity index is 1340. The summed E-state index contributed by atoms with van der Waals surface area (Å²) < 4.78 is 5.16. The Kier molecular flexibility index (Phi) is 6.53. The number of hydrogen-bond acceptors (Lipinski definition) is 4. The molecule has 0 saturated carbocycles. The third-order valence-electron chi connectivity index (χ3n) is 6.16. The van der Waals surface area contributed by atoms with Crippen molar-refractivity contribution in [2.24, 2.45) is 5.10 Å². The zero-order chi connectivity index (χ0) is 24.0. The molecule has 0 amide bonds. The van der Waals surface area contributed by atoms with Crippen LogP contribution in [0.4, 0.5) is 5.69 Å². The van der Waals surface area contributed by atoms with Gasteiger partial charge in [0.15, 0.2) is 5.78 Å². The first-order chi connectivity index (χ1) is 17.2. The number of rotatable bonds is 7. The van der Waals surface area contributed by atoms with E-state index in [-0.39, 0.29) is 11.8 Å². The van der Waals surface area contributed by atoms with Crippen LogP contribution in [0.3, 0.4) is 0 Å². The molecule has 172 valence electrons. The fourth-order valence-corrected chi connectivity index (χ4v) is 4.25. The minimum absolute atomic E-state index is 0.0440. The second-order valence-electron chi connectivity index (χ2n) is 8.41. The van der Waals surface area contributed by atoms with Crippen LogP contribution in [0.25, 0.3) is 6.08 Å². The first-order valence-electron chi connectivity index (χ1n) is 11.6. The molecule has 4 aromatic rings. The van der Waals surface area contributed by atoms with Gasteiger partial charge in [0.1, 0.15) is 5.75 Å². The molecule has 1 aliphatic heterocycles. The lowest BCUT2D eigenvalue weighted by Crippen LogP contribution is -2.18. The molecule has 1 atom stereocenters. The molecule has 0 spiro atoms. The Balaban J connectivity index is 1.37. The van der Waals surface area contributed by atoms with E-state index in [1.54, 1.807) is 37.5 Å². The number of benzene rings is 4. The molecule has 35 heavy (non-hydrogen) atoms. The Morgan fingerprint density at radius 3 is 2.17 bits per heavy atom. The fraction of sp³-hybridized carbons (Fsp3) is 0.0968. The molecule has 4 aromatic carbocycles. The van der Waals surface area contributed by atoms with Crippen molar-refractivity contribution in [2.45, 2.75) is 12.5 Å². The maximum Gasteiger partial charge on any atom is 0.185 e. The molecule has 0 aromatic heterocycles. The zero-order valence-electron chi connectivity index (χ0n) is 19.5. The number of anilines is 1. The van der Waals surface area contributed by atoms with Crippen molar-refractivity contribution in [3.05, 3.63) is 138 Å². The summed E-state index contributed by atoms with van der Waals surface area (Å²) in [5, 5.41) is 7.12. The molecule has 0 saturated heterocycles. The topological polar surface area (TPSA) is 41.9 Å². The summed E-state index contributed by atoms with van der Waals surface area (Å²) in [5.74, 6) is 0.687. The van der Waals surface area contributed by atoms with E-state index in [0.29, 0.717) is 5.56 Å². The Labute approximate surface area is 205 Å². The molecule has 0 aliphatic carbocycles. The molecule has 1 aliphatic rings. The molecule has 5 rings (SSSR count). The lowest BCUT2D eigenvalue weighted by molar-refractivity contribution is 0.104. The number of hydrazone groups is 1. The molecule has 1 heterocycles. The van der Waals surface area contributed by atoms with Gasteiger partial charge in [-0.2, -0.15) is 5.10 Å². The van der Waals surface area contributed by atoms with Crippen LogP contribution in [0.5, 0.6) is 5.75 Å². The summed E-state index contributed by atoms with van der Waals surface area (Å²) in [6.07, 6.45) is 4.28. The van der Waals surface area contributed by atoms with E-state index < -0.39 is 0 Å². The van der Waals surface area contributed by atoms with E-state index in [0.717, 1.165) is 34.7 Å². The van der Waals surface area contributed by atoms with Crippen LogP contribution in [0.2, 0.25) is 0 Å². The maximum absolute atomic E-state index is 12.5. The summed E-state index contributed by atoms with van der Waals surface area (Å²) in [6.45, 7) is 0. The van der Waals surface area contributed by atoms with Crippen molar-refractivity contribution in [3.8, 4) is 5.75 Å². The number of ether oxygens (including phenoxy) is 1. The van der Waals surface area contributed by atoms with E-state index in [1.807, 2.05) is 42.5 Å². The van der Waals surface area contributed by atoms with E-state index in [9.17, 15) is 4.79 Å². The van der Waals surface area contributed by atoms with E-state index in [2.05, 4.69) is 53.5 Å². The van der Waals surface area contributed by atoms with Crippen LogP contribution in [0, 0.1) is 0 Å². The highest BCUT2D eigenvalue weighted by atomic mass is 16.5. The van der Waals surface area contributed by atoms with Crippen molar-refractivity contribution in [1.29, 1.82) is 0 Å². The molecule has 0 N–H and O–H groups in total. The summed E-state index contributed by atoms with van der Waals surface area (Å²) in [7, 11) is 1.61. The molecular weight excluding hydrogens is 432 g/mol. The second-order valence-corrected chi connectivity index (χ2v) is 8.41. The summed E-state index contributed by atoms with van der Waals surface area (Å²) in [4.78, 5) is 12.5. The monoisotopic (exact) mass is 458 g/mol.